The smallest absolute Gasteiger partial charge is 0.222 e. The van der Waals surface area contributed by atoms with E-state index in [1.807, 2.05) is 0 Å². The van der Waals surface area contributed by atoms with Gasteiger partial charge in [-0.05, 0) is 32.1 Å². The lowest BCUT2D eigenvalue weighted by molar-refractivity contribution is -0.125. The summed E-state index contributed by atoms with van der Waals surface area (Å²) < 4.78 is 0. The average molecular weight is 456 g/mol. The summed E-state index contributed by atoms with van der Waals surface area (Å²) in [5.74, 6) is -0.304. The first-order valence-corrected chi connectivity index (χ1v) is 13.5. The predicted octanol–water partition coefficient (Wildman–Crippen LogP) is 5.80. The van der Waals surface area contributed by atoms with Gasteiger partial charge >= 0.3 is 0 Å². The fraction of sp³-hybridized carbons (Fsp3) is 0.889. The van der Waals surface area contributed by atoms with Crippen LogP contribution in [0.25, 0.3) is 0 Å². The maximum atomic E-state index is 12.2. The highest BCUT2D eigenvalue weighted by atomic mass is 16.3. The molecule has 1 amide bonds. The second-order valence-electron chi connectivity index (χ2n) is 9.30. The third kappa shape index (κ3) is 19.8. The van der Waals surface area contributed by atoms with Crippen molar-refractivity contribution in [1.29, 1.82) is 0 Å². The fourth-order valence-corrected chi connectivity index (χ4v) is 3.91. The molecule has 32 heavy (non-hydrogen) atoms. The van der Waals surface area contributed by atoms with Crippen molar-refractivity contribution < 1.29 is 20.1 Å². The van der Waals surface area contributed by atoms with Crippen molar-refractivity contribution in [2.24, 2.45) is 0 Å². The van der Waals surface area contributed by atoms with Gasteiger partial charge in [-0.3, -0.25) is 4.79 Å². The number of carbonyl (C=O) groups excluding carboxylic acids is 1. The number of nitrogens with one attached hydrogen (secondary N) is 1. The first-order chi connectivity index (χ1) is 15.5. The molecule has 0 saturated carbocycles. The molecule has 0 aliphatic carbocycles. The van der Waals surface area contributed by atoms with Crippen LogP contribution in [-0.2, 0) is 4.79 Å². The first-order valence-electron chi connectivity index (χ1n) is 13.5. The molecule has 0 aromatic carbocycles. The van der Waals surface area contributed by atoms with Crippen LogP contribution >= 0.6 is 0 Å². The van der Waals surface area contributed by atoms with Gasteiger partial charge in [-0.15, -0.1) is 0 Å². The van der Waals surface area contributed by atoms with E-state index in [2.05, 4.69) is 31.3 Å². The zero-order valence-corrected chi connectivity index (χ0v) is 21.1. The van der Waals surface area contributed by atoms with Gasteiger partial charge in [0.15, 0.2) is 0 Å². The molecule has 5 heteroatoms. The Kier molecular flexibility index (Phi) is 22.6. The van der Waals surface area contributed by atoms with Crippen molar-refractivity contribution in [3.05, 3.63) is 12.2 Å². The van der Waals surface area contributed by atoms with Gasteiger partial charge in [0.25, 0.3) is 0 Å². The summed E-state index contributed by atoms with van der Waals surface area (Å²) in [6.45, 7) is 4.13. The van der Waals surface area contributed by atoms with Crippen LogP contribution in [0.5, 0.6) is 0 Å². The van der Waals surface area contributed by atoms with E-state index < -0.39 is 18.2 Å². The molecule has 0 fully saturated rings. The number of unbranched alkanes of at least 4 members (excludes halogenated alkanes) is 12. The Labute approximate surface area is 198 Å². The molecule has 0 aromatic rings. The number of aliphatic hydroxyl groups is 3. The van der Waals surface area contributed by atoms with E-state index in [9.17, 15) is 20.1 Å². The Balaban J connectivity index is 3.84. The molecule has 0 aliphatic heterocycles. The molecular weight excluding hydrogens is 402 g/mol. The van der Waals surface area contributed by atoms with Crippen LogP contribution in [0, 0.1) is 0 Å². The van der Waals surface area contributed by atoms with Crippen LogP contribution in [0.2, 0.25) is 0 Å². The summed E-state index contributed by atoms with van der Waals surface area (Å²) in [5.41, 5.74) is 0. The topological polar surface area (TPSA) is 89.8 Å². The molecule has 4 N–H and O–H groups in total. The summed E-state index contributed by atoms with van der Waals surface area (Å²) in [4.78, 5) is 12.2. The highest BCUT2D eigenvalue weighted by molar-refractivity contribution is 5.76. The standard InChI is InChI=1S/C27H53NO4/c1-3-5-7-9-11-13-15-17-19-21-26(31)25(23-29)28-27(32)22-24(30)20-18-16-14-12-10-8-6-4-2/h10,12,24-26,29-31H,3-9,11,13-23H2,1-2H3,(H,28,32)/b12-10-. The van der Waals surface area contributed by atoms with E-state index in [1.54, 1.807) is 0 Å². The molecule has 3 unspecified atom stereocenters. The Morgan fingerprint density at radius 3 is 1.88 bits per heavy atom. The van der Waals surface area contributed by atoms with E-state index in [0.29, 0.717) is 12.8 Å². The lowest BCUT2D eigenvalue weighted by atomic mass is 10.0. The Morgan fingerprint density at radius 1 is 0.750 bits per heavy atom. The van der Waals surface area contributed by atoms with Gasteiger partial charge in [0.1, 0.15) is 0 Å². The van der Waals surface area contributed by atoms with Crippen molar-refractivity contribution >= 4 is 5.91 Å². The third-order valence-corrected chi connectivity index (χ3v) is 6.08. The number of rotatable bonds is 23. The predicted molar refractivity (Wildman–Crippen MR) is 135 cm³/mol. The van der Waals surface area contributed by atoms with Crippen molar-refractivity contribution in [1.82, 2.24) is 5.32 Å². The molecule has 0 rings (SSSR count). The second kappa shape index (κ2) is 23.3. The molecule has 0 saturated heterocycles. The van der Waals surface area contributed by atoms with Gasteiger partial charge in [-0.1, -0.05) is 103 Å². The Hall–Kier alpha value is -0.910. The third-order valence-electron chi connectivity index (χ3n) is 6.08. The maximum absolute atomic E-state index is 12.2. The molecule has 5 nitrogen and oxygen atoms in total. The number of amides is 1. The van der Waals surface area contributed by atoms with Crippen molar-refractivity contribution in [3.8, 4) is 0 Å². The zero-order chi connectivity index (χ0) is 23.9. The number of allylic oxidation sites excluding steroid dienone is 2. The van der Waals surface area contributed by atoms with Crippen molar-refractivity contribution in [2.45, 2.75) is 148 Å². The molecule has 190 valence electrons. The van der Waals surface area contributed by atoms with Gasteiger partial charge in [0.05, 0.1) is 31.3 Å². The van der Waals surface area contributed by atoms with E-state index in [4.69, 9.17) is 0 Å². The van der Waals surface area contributed by atoms with Gasteiger partial charge < -0.3 is 20.6 Å². The van der Waals surface area contributed by atoms with Crippen molar-refractivity contribution in [3.63, 3.8) is 0 Å². The second-order valence-corrected chi connectivity index (χ2v) is 9.30. The van der Waals surface area contributed by atoms with Gasteiger partial charge in [-0.2, -0.15) is 0 Å². The summed E-state index contributed by atoms with van der Waals surface area (Å²) in [5, 5.41) is 32.7. The number of aliphatic hydroxyl groups excluding tert-OH is 3. The number of hydrogen-bond acceptors (Lipinski definition) is 4. The summed E-state index contributed by atoms with van der Waals surface area (Å²) in [6.07, 6.45) is 21.6. The monoisotopic (exact) mass is 455 g/mol. The molecule has 0 aliphatic rings. The van der Waals surface area contributed by atoms with Gasteiger partial charge in [-0.25, -0.2) is 0 Å². The summed E-state index contributed by atoms with van der Waals surface area (Å²) in [6, 6.07) is -0.656. The fourth-order valence-electron chi connectivity index (χ4n) is 3.91. The lowest BCUT2D eigenvalue weighted by Gasteiger charge is -2.23. The van der Waals surface area contributed by atoms with Gasteiger partial charge in [0, 0.05) is 0 Å². The molecule has 3 atom stereocenters. The highest BCUT2D eigenvalue weighted by Crippen LogP contribution is 2.13. The molecule has 0 radical (unpaired) electrons. The van der Waals surface area contributed by atoms with E-state index in [0.717, 1.165) is 38.5 Å². The highest BCUT2D eigenvalue weighted by Gasteiger charge is 2.21. The quantitative estimate of drug-likeness (QED) is 0.116. The van der Waals surface area contributed by atoms with Crippen molar-refractivity contribution in [2.75, 3.05) is 6.61 Å². The summed E-state index contributed by atoms with van der Waals surface area (Å²) >= 11 is 0. The lowest BCUT2D eigenvalue weighted by Crippen LogP contribution is -2.46. The molecule has 0 aromatic heterocycles. The minimum absolute atomic E-state index is 0.0214. The van der Waals surface area contributed by atoms with E-state index >= 15 is 0 Å². The first kappa shape index (κ1) is 31.1. The van der Waals surface area contributed by atoms with Crippen LogP contribution in [0.15, 0.2) is 12.2 Å². The zero-order valence-electron chi connectivity index (χ0n) is 21.1. The van der Waals surface area contributed by atoms with Crippen LogP contribution in [0.4, 0.5) is 0 Å². The minimum atomic E-state index is -0.745. The SMILES string of the molecule is CCCC/C=C\CCCCC(O)CC(=O)NC(CO)C(O)CCCCCCCCCCC. The molecule has 0 heterocycles. The maximum Gasteiger partial charge on any atom is 0.222 e. The molecule has 0 bridgehead atoms. The van der Waals surface area contributed by atoms with Gasteiger partial charge in [0.2, 0.25) is 5.91 Å². The molecular formula is C27H53NO4. The summed E-state index contributed by atoms with van der Waals surface area (Å²) in [7, 11) is 0. The van der Waals surface area contributed by atoms with Crippen LogP contribution in [-0.4, -0.2) is 46.1 Å². The normalized spacial score (nSPS) is 14.5. The number of hydrogen-bond donors (Lipinski definition) is 4. The van der Waals surface area contributed by atoms with Crippen LogP contribution < -0.4 is 5.32 Å². The van der Waals surface area contributed by atoms with Crippen LogP contribution in [0.1, 0.15) is 129 Å². The molecule has 0 spiro atoms. The Bertz CT molecular complexity index is 441. The average Bonchev–Trinajstić information content (AvgIpc) is 2.77. The van der Waals surface area contributed by atoms with Crippen LogP contribution in [0.3, 0.4) is 0 Å². The van der Waals surface area contributed by atoms with E-state index in [1.165, 1.54) is 57.8 Å². The largest absolute Gasteiger partial charge is 0.394 e. The number of carbonyl (C=O) groups is 1. The Morgan fingerprint density at radius 2 is 1.28 bits per heavy atom. The minimum Gasteiger partial charge on any atom is -0.394 e. The van der Waals surface area contributed by atoms with E-state index in [-0.39, 0.29) is 18.9 Å².